The maximum Gasteiger partial charge on any atom is 0.387 e. The number of halogens is 2. The zero-order chi connectivity index (χ0) is 19.8. The molecular formula is C18H20F2N2O5. The Morgan fingerprint density at radius 1 is 1.41 bits per heavy atom. The lowest BCUT2D eigenvalue weighted by Crippen LogP contribution is -2.32. The average Bonchev–Trinajstić information content (AvgIpc) is 3.17. The van der Waals surface area contributed by atoms with E-state index in [0.29, 0.717) is 18.7 Å². The Labute approximate surface area is 155 Å². The molecule has 1 N–H and O–H groups in total. The Kier molecular flexibility index (Phi) is 7.37. The van der Waals surface area contributed by atoms with Crippen LogP contribution in [0.5, 0.6) is 17.2 Å². The smallest absolute Gasteiger partial charge is 0.387 e. The van der Waals surface area contributed by atoms with Crippen molar-refractivity contribution in [3.05, 3.63) is 23.3 Å². The number of benzene rings is 1. The Bertz CT molecular complexity index is 715. The first-order valence-corrected chi connectivity index (χ1v) is 8.21. The van der Waals surface area contributed by atoms with Crippen LogP contribution in [-0.2, 0) is 9.53 Å². The van der Waals surface area contributed by atoms with E-state index in [1.54, 1.807) is 0 Å². The molecule has 0 unspecified atom stereocenters. The predicted molar refractivity (Wildman–Crippen MR) is 91.8 cm³/mol. The Balaban J connectivity index is 2.23. The molecule has 1 saturated heterocycles. The topological polar surface area (TPSA) is 89.8 Å². The molecule has 1 atom stereocenters. The van der Waals surface area contributed by atoms with Crippen molar-refractivity contribution in [2.75, 3.05) is 27.4 Å². The van der Waals surface area contributed by atoms with E-state index in [1.165, 1.54) is 32.4 Å². The minimum atomic E-state index is -3.06. The van der Waals surface area contributed by atoms with E-state index in [-0.39, 0.29) is 28.9 Å². The summed E-state index contributed by atoms with van der Waals surface area (Å²) in [5.74, 6) is -0.858. The normalized spacial score (nSPS) is 16.7. The lowest BCUT2D eigenvalue weighted by atomic mass is 10.1. The summed E-state index contributed by atoms with van der Waals surface area (Å²) in [5.41, 5.74) is 0.203. The molecule has 1 aliphatic rings. The summed E-state index contributed by atoms with van der Waals surface area (Å²) < 4.78 is 45.1. The van der Waals surface area contributed by atoms with Crippen molar-refractivity contribution in [3.63, 3.8) is 0 Å². The van der Waals surface area contributed by atoms with E-state index >= 15 is 0 Å². The van der Waals surface area contributed by atoms with Gasteiger partial charge in [0.25, 0.3) is 5.91 Å². The molecule has 0 radical (unpaired) electrons. The Morgan fingerprint density at radius 3 is 2.56 bits per heavy atom. The molecule has 27 heavy (non-hydrogen) atoms. The fraction of sp³-hybridized carbons (Fsp3) is 0.444. The quantitative estimate of drug-likeness (QED) is 0.549. The van der Waals surface area contributed by atoms with Gasteiger partial charge in [-0.1, -0.05) is 0 Å². The molecule has 1 fully saturated rings. The number of carbonyl (C=O) groups excluding carboxylic acids is 1. The van der Waals surface area contributed by atoms with Crippen LogP contribution in [0.15, 0.2) is 17.7 Å². The van der Waals surface area contributed by atoms with Crippen molar-refractivity contribution >= 4 is 12.0 Å². The summed E-state index contributed by atoms with van der Waals surface area (Å²) in [5, 5.41) is 11.9. The maximum absolute atomic E-state index is 12.6. The van der Waals surface area contributed by atoms with Gasteiger partial charge in [0.05, 0.1) is 20.3 Å². The van der Waals surface area contributed by atoms with Crippen LogP contribution in [0.4, 0.5) is 8.78 Å². The zero-order valence-corrected chi connectivity index (χ0v) is 15.0. The van der Waals surface area contributed by atoms with Gasteiger partial charge in [-0.05, 0) is 36.6 Å². The molecule has 1 amide bonds. The van der Waals surface area contributed by atoms with Gasteiger partial charge in [-0.25, -0.2) is 0 Å². The van der Waals surface area contributed by atoms with Crippen LogP contribution in [0.3, 0.4) is 0 Å². The number of amides is 1. The minimum Gasteiger partial charge on any atom is -0.493 e. The molecule has 9 heteroatoms. The molecule has 1 aromatic rings. The number of methoxy groups -OCH3 is 2. The van der Waals surface area contributed by atoms with Crippen LogP contribution in [0.1, 0.15) is 18.4 Å². The van der Waals surface area contributed by atoms with Crippen LogP contribution in [-0.4, -0.2) is 46.0 Å². The van der Waals surface area contributed by atoms with Gasteiger partial charge in [-0.15, -0.1) is 0 Å². The fourth-order valence-electron chi connectivity index (χ4n) is 2.61. The summed E-state index contributed by atoms with van der Waals surface area (Å²) >= 11 is 0. The Hall–Kier alpha value is -2.86. The SMILES string of the molecule is COc1cc(/C=C(\C#N)C(=O)NC[C@@H]2CCCO2)cc(OC)c1OC(F)F. The highest BCUT2D eigenvalue weighted by Gasteiger charge is 2.20. The molecule has 0 bridgehead atoms. The molecule has 7 nitrogen and oxygen atoms in total. The fourth-order valence-corrected chi connectivity index (χ4v) is 2.61. The minimum absolute atomic E-state index is 0.0158. The zero-order valence-electron chi connectivity index (χ0n) is 15.0. The largest absolute Gasteiger partial charge is 0.493 e. The van der Waals surface area contributed by atoms with Crippen molar-refractivity contribution in [1.29, 1.82) is 5.26 Å². The van der Waals surface area contributed by atoms with Gasteiger partial charge in [0, 0.05) is 13.2 Å². The van der Waals surface area contributed by atoms with E-state index in [4.69, 9.17) is 14.2 Å². The number of carbonyl (C=O) groups is 1. The lowest BCUT2D eigenvalue weighted by Gasteiger charge is -2.15. The van der Waals surface area contributed by atoms with Gasteiger partial charge in [-0.2, -0.15) is 14.0 Å². The van der Waals surface area contributed by atoms with Crippen molar-refractivity contribution < 1.29 is 32.5 Å². The van der Waals surface area contributed by atoms with Crippen LogP contribution < -0.4 is 19.5 Å². The first-order valence-electron chi connectivity index (χ1n) is 8.21. The van der Waals surface area contributed by atoms with Gasteiger partial charge >= 0.3 is 6.61 Å². The van der Waals surface area contributed by atoms with Gasteiger partial charge in [0.15, 0.2) is 11.5 Å². The van der Waals surface area contributed by atoms with E-state index in [2.05, 4.69) is 10.1 Å². The molecule has 146 valence electrons. The number of hydrogen-bond acceptors (Lipinski definition) is 6. The predicted octanol–water partition coefficient (Wildman–Crippen LogP) is 2.51. The third-order valence-electron chi connectivity index (χ3n) is 3.88. The summed E-state index contributed by atoms with van der Waals surface area (Å²) in [7, 11) is 2.56. The molecular weight excluding hydrogens is 362 g/mol. The van der Waals surface area contributed by atoms with Gasteiger partial charge in [0.1, 0.15) is 11.6 Å². The standard InChI is InChI=1S/C18H20F2N2O5/c1-24-14-7-11(8-15(25-2)16(14)27-18(19)20)6-12(9-21)17(23)22-10-13-4-3-5-26-13/h6-8,13,18H,3-5,10H2,1-2H3,(H,22,23)/b12-6+/t13-/m0/s1. The van der Waals surface area contributed by atoms with Gasteiger partial charge in [-0.3, -0.25) is 4.79 Å². The van der Waals surface area contributed by atoms with Crippen LogP contribution in [0.2, 0.25) is 0 Å². The molecule has 1 heterocycles. The average molecular weight is 382 g/mol. The maximum atomic E-state index is 12.6. The van der Waals surface area contributed by atoms with Crippen molar-refractivity contribution in [2.24, 2.45) is 0 Å². The summed E-state index contributed by atoms with van der Waals surface area (Å²) in [6, 6.07) is 4.55. The number of nitrogens with zero attached hydrogens (tertiary/aromatic N) is 1. The number of nitrogens with one attached hydrogen (secondary N) is 1. The molecule has 0 aromatic heterocycles. The summed E-state index contributed by atoms with van der Waals surface area (Å²) in [4.78, 5) is 12.2. The van der Waals surface area contributed by atoms with Gasteiger partial charge < -0.3 is 24.3 Å². The first kappa shape index (κ1) is 20.5. The molecule has 2 rings (SSSR count). The molecule has 0 aliphatic carbocycles. The second kappa shape index (κ2) is 9.73. The highest BCUT2D eigenvalue weighted by atomic mass is 19.3. The van der Waals surface area contributed by atoms with Crippen molar-refractivity contribution in [1.82, 2.24) is 5.32 Å². The summed E-state index contributed by atoms with van der Waals surface area (Å²) in [6.45, 7) is -2.09. The number of ether oxygens (including phenoxy) is 4. The molecule has 1 aliphatic heterocycles. The second-order valence-electron chi connectivity index (χ2n) is 5.65. The van der Waals surface area contributed by atoms with Crippen LogP contribution in [0.25, 0.3) is 6.08 Å². The lowest BCUT2D eigenvalue weighted by molar-refractivity contribution is -0.117. The van der Waals surface area contributed by atoms with Crippen molar-refractivity contribution in [3.8, 4) is 23.3 Å². The number of nitriles is 1. The Morgan fingerprint density at radius 2 is 2.07 bits per heavy atom. The van der Waals surface area contributed by atoms with E-state index in [9.17, 15) is 18.8 Å². The molecule has 0 saturated carbocycles. The number of hydrogen-bond donors (Lipinski definition) is 1. The number of alkyl halides is 2. The summed E-state index contributed by atoms with van der Waals surface area (Å²) in [6.07, 6.45) is 3.04. The molecule has 1 aromatic carbocycles. The molecule has 0 spiro atoms. The van der Waals surface area contributed by atoms with Crippen molar-refractivity contribution in [2.45, 2.75) is 25.6 Å². The number of rotatable bonds is 8. The van der Waals surface area contributed by atoms with Crippen LogP contribution >= 0.6 is 0 Å². The third-order valence-corrected chi connectivity index (χ3v) is 3.88. The van der Waals surface area contributed by atoms with E-state index in [1.807, 2.05) is 6.07 Å². The van der Waals surface area contributed by atoms with Crippen LogP contribution in [0, 0.1) is 11.3 Å². The highest BCUT2D eigenvalue weighted by molar-refractivity contribution is 6.01. The van der Waals surface area contributed by atoms with E-state index < -0.39 is 12.5 Å². The first-order chi connectivity index (χ1) is 13.0. The monoisotopic (exact) mass is 382 g/mol. The highest BCUT2D eigenvalue weighted by Crippen LogP contribution is 2.40. The second-order valence-corrected chi connectivity index (χ2v) is 5.65. The third kappa shape index (κ3) is 5.56. The van der Waals surface area contributed by atoms with Gasteiger partial charge in [0.2, 0.25) is 5.75 Å². The van der Waals surface area contributed by atoms with E-state index in [0.717, 1.165) is 12.8 Å².